The monoisotopic (exact) mass is 225 g/mol. The van der Waals surface area contributed by atoms with E-state index >= 15 is 0 Å². The Morgan fingerprint density at radius 1 is 1.38 bits per heavy atom. The van der Waals surface area contributed by atoms with E-state index in [0.717, 1.165) is 44.6 Å². The molecule has 1 heterocycles. The Morgan fingerprint density at radius 3 is 2.56 bits per heavy atom. The van der Waals surface area contributed by atoms with Gasteiger partial charge >= 0.3 is 0 Å². The molecule has 0 aromatic heterocycles. The van der Waals surface area contributed by atoms with Crippen molar-refractivity contribution in [3.8, 4) is 0 Å². The van der Waals surface area contributed by atoms with E-state index < -0.39 is 0 Å². The van der Waals surface area contributed by atoms with Crippen molar-refractivity contribution < 1.29 is 9.53 Å². The molecule has 1 unspecified atom stereocenters. The van der Waals surface area contributed by atoms with Crippen LogP contribution in [0.3, 0.4) is 0 Å². The van der Waals surface area contributed by atoms with Gasteiger partial charge in [0, 0.05) is 24.5 Å². The molecule has 3 nitrogen and oxygen atoms in total. The molecule has 2 N–H and O–H groups in total. The Morgan fingerprint density at radius 2 is 2.06 bits per heavy atom. The van der Waals surface area contributed by atoms with E-state index in [4.69, 9.17) is 10.5 Å². The molecule has 1 atom stereocenters. The number of ether oxygens (including phenoxy) is 1. The van der Waals surface area contributed by atoms with E-state index in [2.05, 4.69) is 6.92 Å². The van der Waals surface area contributed by atoms with Crippen LogP contribution >= 0.6 is 0 Å². The van der Waals surface area contributed by atoms with Crippen LogP contribution < -0.4 is 5.73 Å². The molecule has 92 valence electrons. The molecular weight excluding hydrogens is 202 g/mol. The maximum atomic E-state index is 12.5. The summed E-state index contributed by atoms with van der Waals surface area (Å²) in [7, 11) is 0. The number of rotatable bonds is 3. The van der Waals surface area contributed by atoms with Crippen molar-refractivity contribution in [1.29, 1.82) is 0 Å². The van der Waals surface area contributed by atoms with Gasteiger partial charge in [-0.3, -0.25) is 4.79 Å². The minimum atomic E-state index is -0.217. The summed E-state index contributed by atoms with van der Waals surface area (Å²) in [6, 6.07) is 0. The van der Waals surface area contributed by atoms with Crippen molar-refractivity contribution in [2.75, 3.05) is 19.8 Å². The average molecular weight is 225 g/mol. The molecule has 16 heavy (non-hydrogen) atoms. The molecule has 0 bridgehead atoms. The Kier molecular flexibility index (Phi) is 3.65. The summed E-state index contributed by atoms with van der Waals surface area (Å²) in [4.78, 5) is 12.5. The fourth-order valence-electron chi connectivity index (χ4n) is 3.04. The topological polar surface area (TPSA) is 52.3 Å². The zero-order valence-electron chi connectivity index (χ0n) is 10.2. The number of carbonyl (C=O) groups excluding carboxylic acids is 1. The highest BCUT2D eigenvalue weighted by Crippen LogP contribution is 2.41. The number of Topliss-reactive ketones (excluding diaryl/α,β-unsaturated/α-hetero) is 1. The summed E-state index contributed by atoms with van der Waals surface area (Å²) in [6.45, 7) is 4.16. The fraction of sp³-hybridized carbons (Fsp3) is 0.923. The molecule has 0 radical (unpaired) electrons. The highest BCUT2D eigenvalue weighted by atomic mass is 16.5. The summed E-state index contributed by atoms with van der Waals surface area (Å²) >= 11 is 0. The lowest BCUT2D eigenvalue weighted by Crippen LogP contribution is -2.44. The third-order valence-corrected chi connectivity index (χ3v) is 4.45. The summed E-state index contributed by atoms with van der Waals surface area (Å²) in [6.07, 6.45) is 5.17. The van der Waals surface area contributed by atoms with Gasteiger partial charge in [-0.05, 0) is 38.0 Å². The van der Waals surface area contributed by atoms with E-state index in [-0.39, 0.29) is 11.3 Å². The highest BCUT2D eigenvalue weighted by Gasteiger charge is 2.43. The van der Waals surface area contributed by atoms with Gasteiger partial charge in [0.25, 0.3) is 0 Å². The average Bonchev–Trinajstić information content (AvgIpc) is 2.83. The van der Waals surface area contributed by atoms with Crippen LogP contribution in [-0.4, -0.2) is 25.5 Å². The third kappa shape index (κ3) is 2.16. The summed E-state index contributed by atoms with van der Waals surface area (Å²) < 4.78 is 5.32. The van der Waals surface area contributed by atoms with Gasteiger partial charge < -0.3 is 10.5 Å². The lowest BCUT2D eigenvalue weighted by molar-refractivity contribution is -0.134. The second-order valence-corrected chi connectivity index (χ2v) is 5.59. The number of carbonyl (C=O) groups is 1. The van der Waals surface area contributed by atoms with Gasteiger partial charge in [0.1, 0.15) is 5.78 Å². The minimum Gasteiger partial charge on any atom is -0.381 e. The molecule has 1 saturated heterocycles. The van der Waals surface area contributed by atoms with E-state index in [1.54, 1.807) is 0 Å². The molecule has 2 rings (SSSR count). The normalized spacial score (nSPS) is 39.9. The van der Waals surface area contributed by atoms with Crippen LogP contribution in [0.5, 0.6) is 0 Å². The largest absolute Gasteiger partial charge is 0.381 e. The van der Waals surface area contributed by atoms with Gasteiger partial charge in [-0.2, -0.15) is 0 Å². The van der Waals surface area contributed by atoms with Crippen LogP contribution in [0.2, 0.25) is 0 Å². The van der Waals surface area contributed by atoms with Gasteiger partial charge in [-0.15, -0.1) is 0 Å². The molecule has 0 aromatic rings. The molecule has 2 aliphatic rings. The maximum absolute atomic E-state index is 12.5. The molecule has 1 aliphatic heterocycles. The second-order valence-electron chi connectivity index (χ2n) is 5.59. The summed E-state index contributed by atoms with van der Waals surface area (Å²) in [5, 5.41) is 0. The van der Waals surface area contributed by atoms with Gasteiger partial charge in [0.2, 0.25) is 0 Å². The number of hydrogen-bond acceptors (Lipinski definition) is 3. The standard InChI is InChI=1S/C13H23NO2/c1-10-2-5-13(9-14,6-3-10)12(15)11-4-7-16-8-11/h10-11H,2-9,14H2,1H3. The van der Waals surface area contributed by atoms with E-state index in [1.165, 1.54) is 0 Å². The lowest BCUT2D eigenvalue weighted by Gasteiger charge is -2.38. The van der Waals surface area contributed by atoms with Gasteiger partial charge in [-0.25, -0.2) is 0 Å². The first-order valence-corrected chi connectivity index (χ1v) is 6.50. The quantitative estimate of drug-likeness (QED) is 0.796. The van der Waals surface area contributed by atoms with E-state index in [9.17, 15) is 4.79 Å². The SMILES string of the molecule is CC1CCC(CN)(C(=O)C2CCOC2)CC1. The third-order valence-electron chi connectivity index (χ3n) is 4.45. The molecule has 2 fully saturated rings. The van der Waals surface area contributed by atoms with Crippen LogP contribution in [0.15, 0.2) is 0 Å². The predicted molar refractivity (Wildman–Crippen MR) is 63.1 cm³/mol. The van der Waals surface area contributed by atoms with Crippen molar-refractivity contribution in [2.24, 2.45) is 23.0 Å². The van der Waals surface area contributed by atoms with E-state index in [1.807, 2.05) is 0 Å². The Bertz CT molecular complexity index is 251. The van der Waals surface area contributed by atoms with Crippen molar-refractivity contribution in [3.63, 3.8) is 0 Å². The van der Waals surface area contributed by atoms with E-state index in [0.29, 0.717) is 18.9 Å². The molecule has 0 aromatic carbocycles. The molecule has 0 spiro atoms. The van der Waals surface area contributed by atoms with Crippen molar-refractivity contribution in [3.05, 3.63) is 0 Å². The van der Waals surface area contributed by atoms with Crippen LogP contribution in [0.25, 0.3) is 0 Å². The molecular formula is C13H23NO2. The van der Waals surface area contributed by atoms with Crippen LogP contribution in [-0.2, 0) is 9.53 Å². The van der Waals surface area contributed by atoms with Gasteiger partial charge in [0.15, 0.2) is 0 Å². The Labute approximate surface area is 97.7 Å². The van der Waals surface area contributed by atoms with Crippen LogP contribution in [0.1, 0.15) is 39.0 Å². The fourth-order valence-corrected chi connectivity index (χ4v) is 3.04. The predicted octanol–water partition coefficient (Wildman–Crippen LogP) is 1.75. The smallest absolute Gasteiger partial charge is 0.145 e. The maximum Gasteiger partial charge on any atom is 0.145 e. The molecule has 1 aliphatic carbocycles. The zero-order chi connectivity index (χ0) is 11.6. The number of hydrogen-bond donors (Lipinski definition) is 1. The van der Waals surface area contributed by atoms with Crippen molar-refractivity contribution in [1.82, 2.24) is 0 Å². The van der Waals surface area contributed by atoms with Gasteiger partial charge in [-0.1, -0.05) is 6.92 Å². The molecule has 0 amide bonds. The first kappa shape index (κ1) is 12.1. The van der Waals surface area contributed by atoms with Gasteiger partial charge in [0.05, 0.1) is 6.61 Å². The Hall–Kier alpha value is -0.410. The molecule has 1 saturated carbocycles. The second kappa shape index (κ2) is 4.84. The number of ketones is 1. The van der Waals surface area contributed by atoms with Crippen LogP contribution in [0.4, 0.5) is 0 Å². The summed E-state index contributed by atoms with van der Waals surface area (Å²) in [5.74, 6) is 1.27. The molecule has 3 heteroatoms. The highest BCUT2D eigenvalue weighted by molar-refractivity contribution is 5.87. The number of nitrogens with two attached hydrogens (primary N) is 1. The first-order chi connectivity index (χ1) is 7.68. The Balaban J connectivity index is 2.05. The zero-order valence-corrected chi connectivity index (χ0v) is 10.2. The van der Waals surface area contributed by atoms with Crippen molar-refractivity contribution >= 4 is 5.78 Å². The minimum absolute atomic E-state index is 0.122. The lowest BCUT2D eigenvalue weighted by atomic mass is 9.66. The summed E-state index contributed by atoms with van der Waals surface area (Å²) in [5.41, 5.74) is 5.67. The van der Waals surface area contributed by atoms with Crippen LogP contribution in [0, 0.1) is 17.3 Å². The first-order valence-electron chi connectivity index (χ1n) is 6.50. The van der Waals surface area contributed by atoms with Crippen molar-refractivity contribution in [2.45, 2.75) is 39.0 Å².